The first-order valence-electron chi connectivity index (χ1n) is 10.0. The van der Waals surface area contributed by atoms with Crippen molar-refractivity contribution in [3.63, 3.8) is 0 Å². The minimum absolute atomic E-state index is 0.183. The minimum atomic E-state index is -0.480. The molecule has 2 aliphatic rings. The molecule has 7 nitrogen and oxygen atoms in total. The van der Waals surface area contributed by atoms with Crippen LogP contribution in [-0.2, 0) is 4.74 Å². The first kappa shape index (κ1) is 18.8. The number of likely N-dealkylation sites (N-methyl/N-ethyl adjacent to an activating group) is 1. The van der Waals surface area contributed by atoms with Crippen LogP contribution in [0.3, 0.4) is 0 Å². The number of anilines is 2. The maximum Gasteiger partial charge on any atom is 0.410 e. The highest BCUT2D eigenvalue weighted by Crippen LogP contribution is 2.32. The number of amides is 1. The summed E-state index contributed by atoms with van der Waals surface area (Å²) in [5.41, 5.74) is 1.30. The zero-order valence-electron chi connectivity index (χ0n) is 17.1. The van der Waals surface area contributed by atoms with Gasteiger partial charge in [-0.2, -0.15) is 0 Å². The van der Waals surface area contributed by atoms with Gasteiger partial charge in [-0.1, -0.05) is 12.1 Å². The average Bonchev–Trinajstić information content (AvgIpc) is 3.30. The van der Waals surface area contributed by atoms with Gasteiger partial charge < -0.3 is 19.9 Å². The second-order valence-electron chi connectivity index (χ2n) is 8.78. The van der Waals surface area contributed by atoms with Gasteiger partial charge in [0, 0.05) is 32.2 Å². The summed E-state index contributed by atoms with van der Waals surface area (Å²) >= 11 is 0. The fourth-order valence-electron chi connectivity index (χ4n) is 3.48. The molecule has 1 aliphatic heterocycles. The molecule has 1 aromatic heterocycles. The number of para-hydroxylation sites is 2. The molecule has 28 heavy (non-hydrogen) atoms. The Morgan fingerprint density at radius 1 is 1.18 bits per heavy atom. The van der Waals surface area contributed by atoms with Crippen molar-refractivity contribution in [2.75, 3.05) is 30.4 Å². The van der Waals surface area contributed by atoms with Gasteiger partial charge in [-0.15, -0.1) is 0 Å². The third kappa shape index (κ3) is 4.13. The number of nitrogens with one attached hydrogen (secondary N) is 1. The van der Waals surface area contributed by atoms with Crippen molar-refractivity contribution in [3.05, 3.63) is 24.3 Å². The van der Waals surface area contributed by atoms with Gasteiger partial charge in [-0.3, -0.25) is 0 Å². The number of rotatable bonds is 4. The number of benzene rings is 1. The van der Waals surface area contributed by atoms with E-state index in [0.717, 1.165) is 29.1 Å². The molecule has 150 valence electrons. The Morgan fingerprint density at radius 3 is 2.50 bits per heavy atom. The second-order valence-corrected chi connectivity index (χ2v) is 8.78. The van der Waals surface area contributed by atoms with E-state index in [1.165, 1.54) is 12.8 Å². The van der Waals surface area contributed by atoms with Gasteiger partial charge in [0.1, 0.15) is 5.60 Å². The van der Waals surface area contributed by atoms with E-state index < -0.39 is 5.60 Å². The molecule has 1 saturated heterocycles. The molecule has 1 unspecified atom stereocenters. The molecule has 2 fully saturated rings. The van der Waals surface area contributed by atoms with Gasteiger partial charge in [-0.05, 0) is 52.2 Å². The topological polar surface area (TPSA) is 70.6 Å². The predicted molar refractivity (Wildman–Crippen MR) is 111 cm³/mol. The molecule has 1 amide bonds. The first-order chi connectivity index (χ1) is 13.3. The van der Waals surface area contributed by atoms with Crippen molar-refractivity contribution >= 4 is 28.8 Å². The van der Waals surface area contributed by atoms with E-state index in [1.807, 2.05) is 52.1 Å². The number of nitrogens with zero attached hydrogens (tertiary/aromatic N) is 4. The van der Waals surface area contributed by atoms with Gasteiger partial charge >= 0.3 is 6.09 Å². The standard InChI is InChI=1S/C21H29N5O2/c1-21(2,3)28-20(27)26-12-11-15(13-26)25(4)19-18(22-14-9-10-14)23-16-7-5-6-8-17(16)24-19/h5-8,14-15H,9-13H2,1-4H3,(H,22,23). The van der Waals surface area contributed by atoms with Crippen LogP contribution in [0.25, 0.3) is 11.0 Å². The smallest absolute Gasteiger partial charge is 0.410 e. The number of hydrogen-bond donors (Lipinski definition) is 1. The van der Waals surface area contributed by atoms with E-state index in [-0.39, 0.29) is 12.1 Å². The fraction of sp³-hybridized carbons (Fsp3) is 0.571. The molecule has 0 bridgehead atoms. The molecule has 1 aliphatic carbocycles. The van der Waals surface area contributed by atoms with Crippen LogP contribution in [0.15, 0.2) is 24.3 Å². The van der Waals surface area contributed by atoms with E-state index in [0.29, 0.717) is 19.1 Å². The van der Waals surface area contributed by atoms with E-state index in [9.17, 15) is 4.79 Å². The Labute approximate surface area is 166 Å². The Kier molecular flexibility index (Phi) is 4.77. The molecule has 4 rings (SSSR count). The first-order valence-corrected chi connectivity index (χ1v) is 10.0. The number of hydrogen-bond acceptors (Lipinski definition) is 6. The van der Waals surface area contributed by atoms with Crippen LogP contribution in [0.1, 0.15) is 40.0 Å². The van der Waals surface area contributed by atoms with Crippen LogP contribution in [0.5, 0.6) is 0 Å². The van der Waals surface area contributed by atoms with Gasteiger partial charge in [0.05, 0.1) is 11.0 Å². The Hall–Kier alpha value is -2.57. The Morgan fingerprint density at radius 2 is 1.86 bits per heavy atom. The lowest BCUT2D eigenvalue weighted by Crippen LogP contribution is -2.39. The molecule has 7 heteroatoms. The van der Waals surface area contributed by atoms with Crippen LogP contribution in [-0.4, -0.2) is 58.8 Å². The minimum Gasteiger partial charge on any atom is -0.444 e. The van der Waals surface area contributed by atoms with Crippen LogP contribution >= 0.6 is 0 Å². The maximum absolute atomic E-state index is 12.4. The van der Waals surface area contributed by atoms with Gasteiger partial charge in [0.2, 0.25) is 0 Å². The summed E-state index contributed by atoms with van der Waals surface area (Å²) in [7, 11) is 2.04. The van der Waals surface area contributed by atoms with Crippen molar-refractivity contribution in [2.24, 2.45) is 0 Å². The summed E-state index contributed by atoms with van der Waals surface area (Å²) in [6.45, 7) is 7.00. The van der Waals surface area contributed by atoms with Crippen molar-refractivity contribution < 1.29 is 9.53 Å². The number of carbonyl (C=O) groups excluding carboxylic acids is 1. The maximum atomic E-state index is 12.4. The van der Waals surface area contributed by atoms with E-state index in [4.69, 9.17) is 14.7 Å². The number of aromatic nitrogens is 2. The third-order valence-electron chi connectivity index (χ3n) is 5.17. The molecule has 0 radical (unpaired) electrons. The predicted octanol–water partition coefficient (Wildman–Crippen LogP) is 3.65. The third-order valence-corrected chi connectivity index (χ3v) is 5.17. The molecule has 2 aromatic rings. The lowest BCUT2D eigenvalue weighted by Gasteiger charge is -2.28. The normalized spacial score (nSPS) is 19.7. The van der Waals surface area contributed by atoms with Gasteiger partial charge in [0.25, 0.3) is 0 Å². The summed E-state index contributed by atoms with van der Waals surface area (Å²) in [6.07, 6.45) is 2.98. The van der Waals surface area contributed by atoms with Crippen molar-refractivity contribution in [1.82, 2.24) is 14.9 Å². The average molecular weight is 383 g/mol. The molecule has 1 aromatic carbocycles. The fourth-order valence-corrected chi connectivity index (χ4v) is 3.48. The number of ether oxygens (including phenoxy) is 1. The zero-order valence-corrected chi connectivity index (χ0v) is 17.1. The van der Waals surface area contributed by atoms with Crippen LogP contribution < -0.4 is 10.2 Å². The lowest BCUT2D eigenvalue weighted by atomic mass is 10.2. The summed E-state index contributed by atoms with van der Waals surface area (Å²) in [5.74, 6) is 1.68. The van der Waals surface area contributed by atoms with Crippen molar-refractivity contribution in [1.29, 1.82) is 0 Å². The number of likely N-dealkylation sites (tertiary alicyclic amines) is 1. The number of fused-ring (bicyclic) bond motifs is 1. The monoisotopic (exact) mass is 383 g/mol. The second kappa shape index (κ2) is 7.11. The SMILES string of the molecule is CN(c1nc2ccccc2nc1NC1CC1)C1CCN(C(=O)OC(C)(C)C)C1. The Balaban J connectivity index is 1.55. The van der Waals surface area contributed by atoms with E-state index >= 15 is 0 Å². The molecule has 1 N–H and O–H groups in total. The lowest BCUT2D eigenvalue weighted by molar-refractivity contribution is 0.0292. The molecule has 1 saturated carbocycles. The highest BCUT2D eigenvalue weighted by atomic mass is 16.6. The zero-order chi connectivity index (χ0) is 19.9. The highest BCUT2D eigenvalue weighted by molar-refractivity contribution is 5.80. The van der Waals surface area contributed by atoms with E-state index in [2.05, 4.69) is 10.2 Å². The van der Waals surface area contributed by atoms with Crippen LogP contribution in [0.2, 0.25) is 0 Å². The highest BCUT2D eigenvalue weighted by Gasteiger charge is 2.34. The summed E-state index contributed by atoms with van der Waals surface area (Å²) in [4.78, 5) is 26.1. The Bertz CT molecular complexity index is 875. The summed E-state index contributed by atoms with van der Waals surface area (Å²) in [6, 6.07) is 8.62. The largest absolute Gasteiger partial charge is 0.444 e. The molecular weight excluding hydrogens is 354 g/mol. The van der Waals surface area contributed by atoms with Gasteiger partial charge in [-0.25, -0.2) is 14.8 Å². The van der Waals surface area contributed by atoms with Crippen molar-refractivity contribution in [3.8, 4) is 0 Å². The molecular formula is C21H29N5O2. The number of carbonyl (C=O) groups is 1. The molecule has 0 spiro atoms. The molecule has 2 heterocycles. The van der Waals surface area contributed by atoms with Gasteiger partial charge in [0.15, 0.2) is 11.6 Å². The summed E-state index contributed by atoms with van der Waals surface area (Å²) < 4.78 is 5.53. The summed E-state index contributed by atoms with van der Waals surface area (Å²) in [5, 5.41) is 3.53. The molecule has 1 atom stereocenters. The van der Waals surface area contributed by atoms with Crippen LogP contribution in [0, 0.1) is 0 Å². The van der Waals surface area contributed by atoms with E-state index in [1.54, 1.807) is 4.90 Å². The van der Waals surface area contributed by atoms with Crippen molar-refractivity contribution in [2.45, 2.75) is 57.7 Å². The van der Waals surface area contributed by atoms with Crippen LogP contribution in [0.4, 0.5) is 16.4 Å². The quantitative estimate of drug-likeness (QED) is 0.869.